The predicted molar refractivity (Wildman–Crippen MR) is 105 cm³/mol. The minimum Gasteiger partial charge on any atom is -0.348 e. The van der Waals surface area contributed by atoms with E-state index in [4.69, 9.17) is 25.8 Å². The summed E-state index contributed by atoms with van der Waals surface area (Å²) >= 11 is 7.65. The number of fused-ring (bicyclic) bond motifs is 2. The quantitative estimate of drug-likeness (QED) is 0.454. The van der Waals surface area contributed by atoms with Crippen LogP contribution in [0.1, 0.15) is 20.1 Å². The van der Waals surface area contributed by atoms with Gasteiger partial charge in [-0.25, -0.2) is 19.3 Å². The Bertz CT molecular complexity index is 1060. The Morgan fingerprint density at radius 2 is 2.03 bits per heavy atom. The second kappa shape index (κ2) is 7.17. The van der Waals surface area contributed by atoms with Gasteiger partial charge in [-0.15, -0.1) is 11.8 Å². The number of benzene rings is 1. The van der Waals surface area contributed by atoms with E-state index in [-0.39, 0.29) is 29.3 Å². The highest BCUT2D eigenvalue weighted by molar-refractivity contribution is 7.99. The van der Waals surface area contributed by atoms with E-state index < -0.39 is 12.0 Å². The Labute approximate surface area is 175 Å². The van der Waals surface area contributed by atoms with Gasteiger partial charge in [0.2, 0.25) is 0 Å². The number of thioether (sulfide) groups is 1. The summed E-state index contributed by atoms with van der Waals surface area (Å²) < 4.78 is 33.9. The van der Waals surface area contributed by atoms with Gasteiger partial charge >= 0.3 is 0 Å². The number of halogens is 2. The molecule has 0 bridgehead atoms. The van der Waals surface area contributed by atoms with Gasteiger partial charge < -0.3 is 14.2 Å². The van der Waals surface area contributed by atoms with Crippen LogP contribution in [-0.2, 0) is 14.2 Å². The first-order valence-electron chi connectivity index (χ1n) is 9.14. The normalized spacial score (nSPS) is 28.1. The zero-order chi connectivity index (χ0) is 20.2. The topological polar surface area (TPSA) is 71.3 Å². The molecule has 3 aromatic rings. The molecule has 0 amide bonds. The number of ether oxygens (including phenoxy) is 3. The second-order valence-corrected chi connectivity index (χ2v) is 8.84. The summed E-state index contributed by atoms with van der Waals surface area (Å²) in [6, 6.07) is 6.50. The molecule has 29 heavy (non-hydrogen) atoms. The third kappa shape index (κ3) is 3.51. The van der Waals surface area contributed by atoms with Gasteiger partial charge in [0.1, 0.15) is 29.9 Å². The molecule has 152 valence electrons. The summed E-state index contributed by atoms with van der Waals surface area (Å²) in [7, 11) is 0. The van der Waals surface area contributed by atoms with E-state index in [1.165, 1.54) is 30.2 Å². The monoisotopic (exact) mass is 436 g/mol. The number of nitrogens with zero attached hydrogens (tertiary/aromatic N) is 4. The number of rotatable bonds is 4. The first-order chi connectivity index (χ1) is 13.9. The molecule has 4 heterocycles. The molecule has 0 unspecified atom stereocenters. The molecule has 2 aliphatic rings. The summed E-state index contributed by atoms with van der Waals surface area (Å²) in [5.74, 6) is -0.411. The Balaban J connectivity index is 1.43. The fourth-order valence-electron chi connectivity index (χ4n) is 3.76. The first-order valence-corrected chi connectivity index (χ1v) is 10.5. The fraction of sp³-hybridized carbons (Fsp3) is 0.421. The van der Waals surface area contributed by atoms with Crippen LogP contribution in [0.25, 0.3) is 11.2 Å². The second-order valence-electron chi connectivity index (χ2n) is 7.39. The van der Waals surface area contributed by atoms with Crippen LogP contribution in [-0.4, -0.2) is 49.4 Å². The molecular weight excluding hydrogens is 419 g/mol. The van der Waals surface area contributed by atoms with Gasteiger partial charge in [0.05, 0.1) is 12.4 Å². The maximum absolute atomic E-state index is 13.5. The number of hydrogen-bond donors (Lipinski definition) is 0. The molecule has 0 saturated carbocycles. The molecule has 4 atom stereocenters. The highest BCUT2D eigenvalue weighted by Crippen LogP contribution is 2.45. The van der Waals surface area contributed by atoms with Crippen LogP contribution in [0.2, 0.25) is 5.15 Å². The zero-order valence-corrected chi connectivity index (χ0v) is 17.2. The zero-order valence-electron chi connectivity index (χ0n) is 15.7. The van der Waals surface area contributed by atoms with Crippen LogP contribution in [0.5, 0.6) is 0 Å². The van der Waals surface area contributed by atoms with Crippen molar-refractivity contribution in [2.24, 2.45) is 0 Å². The van der Waals surface area contributed by atoms with Crippen molar-refractivity contribution in [2.45, 2.75) is 49.1 Å². The highest BCUT2D eigenvalue weighted by atomic mass is 35.5. The van der Waals surface area contributed by atoms with E-state index >= 15 is 0 Å². The fourth-order valence-corrected chi connectivity index (χ4v) is 4.93. The summed E-state index contributed by atoms with van der Waals surface area (Å²) in [4.78, 5) is 13.4. The molecule has 2 saturated heterocycles. The lowest BCUT2D eigenvalue weighted by Crippen LogP contribution is -2.31. The molecule has 2 aromatic heterocycles. The van der Waals surface area contributed by atoms with Crippen LogP contribution in [0.3, 0.4) is 0 Å². The van der Waals surface area contributed by atoms with E-state index in [2.05, 4.69) is 15.0 Å². The molecule has 0 radical (unpaired) electrons. The smallest absolute Gasteiger partial charge is 0.167 e. The molecule has 0 spiro atoms. The van der Waals surface area contributed by atoms with Crippen LogP contribution >= 0.6 is 23.4 Å². The van der Waals surface area contributed by atoms with Crippen molar-refractivity contribution < 1.29 is 18.6 Å². The SMILES string of the molecule is CC1(C)O[C@@H]2[C@@H](O1)[C@@H](CSc1cccc(F)c1)O[C@H]2n1cnc2c(Cl)ncnc21. The van der Waals surface area contributed by atoms with Crippen molar-refractivity contribution >= 4 is 34.5 Å². The summed E-state index contributed by atoms with van der Waals surface area (Å²) in [5, 5.41) is 0.283. The minimum atomic E-state index is -0.734. The number of aromatic nitrogens is 4. The van der Waals surface area contributed by atoms with Crippen LogP contribution in [0.15, 0.2) is 41.8 Å². The predicted octanol–water partition coefficient (Wildman–Crippen LogP) is 3.83. The van der Waals surface area contributed by atoms with Crippen molar-refractivity contribution in [1.29, 1.82) is 0 Å². The van der Waals surface area contributed by atoms with Crippen LogP contribution < -0.4 is 0 Å². The Morgan fingerprint density at radius 1 is 1.21 bits per heavy atom. The average molecular weight is 437 g/mol. The van der Waals surface area contributed by atoms with E-state index in [0.717, 1.165) is 4.90 Å². The van der Waals surface area contributed by atoms with E-state index in [1.807, 2.05) is 19.9 Å². The Kier molecular flexibility index (Phi) is 4.75. The van der Waals surface area contributed by atoms with Crippen LogP contribution in [0.4, 0.5) is 4.39 Å². The molecule has 2 fully saturated rings. The van der Waals surface area contributed by atoms with Crippen molar-refractivity contribution in [2.75, 3.05) is 5.75 Å². The lowest BCUT2D eigenvalue weighted by molar-refractivity contribution is -0.193. The molecule has 2 aliphatic heterocycles. The molecule has 7 nitrogen and oxygen atoms in total. The average Bonchev–Trinajstić information content (AvgIpc) is 3.32. The molecule has 0 N–H and O–H groups in total. The standard InChI is InChI=1S/C19H18ClFN4O3S/c1-19(2)27-14-12(7-29-11-5-3-4-10(21)6-11)26-18(15(14)28-19)25-9-24-13-16(20)22-8-23-17(13)25/h3-6,8-9,12,14-15,18H,7H2,1-2H3/t12-,14+,15-,18-/m1/s1. The molecular formula is C19H18ClFN4O3S. The lowest BCUT2D eigenvalue weighted by atomic mass is 10.1. The maximum Gasteiger partial charge on any atom is 0.167 e. The maximum atomic E-state index is 13.5. The first kappa shape index (κ1) is 19.2. The van der Waals surface area contributed by atoms with Crippen LogP contribution in [0, 0.1) is 5.82 Å². The Hall–Kier alpha value is -1.78. The molecule has 5 rings (SSSR count). The number of imidazole rings is 1. The van der Waals surface area contributed by atoms with E-state index in [1.54, 1.807) is 17.0 Å². The van der Waals surface area contributed by atoms with Gasteiger partial charge in [-0.3, -0.25) is 4.57 Å². The van der Waals surface area contributed by atoms with Gasteiger partial charge in [-0.2, -0.15) is 0 Å². The van der Waals surface area contributed by atoms with Gasteiger partial charge in [-0.1, -0.05) is 17.7 Å². The van der Waals surface area contributed by atoms with E-state index in [0.29, 0.717) is 16.9 Å². The Morgan fingerprint density at radius 3 is 2.86 bits per heavy atom. The van der Waals surface area contributed by atoms with Gasteiger partial charge in [0.25, 0.3) is 0 Å². The van der Waals surface area contributed by atoms with Gasteiger partial charge in [0.15, 0.2) is 22.8 Å². The highest BCUT2D eigenvalue weighted by Gasteiger charge is 2.56. The van der Waals surface area contributed by atoms with Gasteiger partial charge in [-0.05, 0) is 32.0 Å². The van der Waals surface area contributed by atoms with E-state index in [9.17, 15) is 4.39 Å². The summed E-state index contributed by atoms with van der Waals surface area (Å²) in [5.41, 5.74) is 1.07. The summed E-state index contributed by atoms with van der Waals surface area (Å²) in [6.45, 7) is 3.76. The number of hydrogen-bond acceptors (Lipinski definition) is 7. The minimum absolute atomic E-state index is 0.255. The molecule has 10 heteroatoms. The third-order valence-electron chi connectivity index (χ3n) is 4.92. The molecule has 0 aliphatic carbocycles. The van der Waals surface area contributed by atoms with Crippen molar-refractivity contribution in [3.63, 3.8) is 0 Å². The van der Waals surface area contributed by atoms with Crippen molar-refractivity contribution in [3.05, 3.63) is 47.9 Å². The largest absolute Gasteiger partial charge is 0.348 e. The molecule has 1 aromatic carbocycles. The lowest BCUT2D eigenvalue weighted by Gasteiger charge is -2.24. The third-order valence-corrected chi connectivity index (χ3v) is 6.28. The summed E-state index contributed by atoms with van der Waals surface area (Å²) in [6.07, 6.45) is 1.68. The van der Waals surface area contributed by atoms with Crippen molar-refractivity contribution in [1.82, 2.24) is 19.5 Å². The van der Waals surface area contributed by atoms with Crippen molar-refractivity contribution in [3.8, 4) is 0 Å². The van der Waals surface area contributed by atoms with Gasteiger partial charge in [0, 0.05) is 10.6 Å².